The van der Waals surface area contributed by atoms with Crippen molar-refractivity contribution in [1.29, 1.82) is 0 Å². The van der Waals surface area contributed by atoms with Gasteiger partial charge in [-0.1, -0.05) is 229 Å². The van der Waals surface area contributed by atoms with Gasteiger partial charge >= 0.3 is 5.97 Å². The number of allylic oxidation sites excluding steroid dienone is 7. The average Bonchev–Trinajstić information content (AvgIpc) is 3.31. The molecule has 6 nitrogen and oxygen atoms in total. The summed E-state index contributed by atoms with van der Waals surface area (Å²) in [6, 6.07) is -0.640. The summed E-state index contributed by atoms with van der Waals surface area (Å²) in [4.78, 5) is 24.5. The average molecular weight is 913 g/mol. The van der Waals surface area contributed by atoms with Gasteiger partial charge in [0.2, 0.25) is 5.91 Å². The number of carbonyl (C=O) groups excluding carboxylic acids is 2. The normalized spacial score (nSPS) is 13.0. The molecule has 0 saturated carbocycles. The second-order valence-electron chi connectivity index (χ2n) is 19.3. The minimum atomic E-state index is -0.855. The summed E-state index contributed by atoms with van der Waals surface area (Å²) >= 11 is 0. The van der Waals surface area contributed by atoms with Crippen molar-refractivity contribution in [3.63, 3.8) is 0 Å². The summed E-state index contributed by atoms with van der Waals surface area (Å²) < 4.78 is 5.46. The SMILES string of the molecule is CCCCCCCC/C=C\CCCCCCCCCC(=O)OCCCCC/C=C\C/C=C\CCCCCCCCCC(=O)NC(CO)C(O)/C=C/CCCCCCCCCCCCCC. The fourth-order valence-electron chi connectivity index (χ4n) is 8.42. The standard InChI is InChI=1S/C59H109NO5/c1-3-5-7-9-11-13-15-17-19-21-25-29-33-37-41-45-49-53-59(64)65-54-50-46-42-38-34-30-26-23-20-22-24-28-32-36-40-44-48-52-58(63)60-56(55-61)57(62)51-47-43-39-35-31-27-18-16-14-12-10-8-6-4-2/h17,19-20,23,30,34,47,51,56-57,61-62H,3-16,18,21-22,24-29,31-33,35-46,48-50,52-55H2,1-2H3,(H,60,63)/b19-17-,23-20-,34-30-,51-47+. The number of carbonyl (C=O) groups is 2. The number of aliphatic hydroxyl groups is 2. The molecule has 2 unspecified atom stereocenters. The highest BCUT2D eigenvalue weighted by atomic mass is 16.5. The lowest BCUT2D eigenvalue weighted by molar-refractivity contribution is -0.143. The maximum atomic E-state index is 12.4. The van der Waals surface area contributed by atoms with Crippen molar-refractivity contribution in [3.05, 3.63) is 48.6 Å². The van der Waals surface area contributed by atoms with Gasteiger partial charge < -0.3 is 20.3 Å². The van der Waals surface area contributed by atoms with Crippen LogP contribution in [0.4, 0.5) is 0 Å². The molecule has 1 amide bonds. The van der Waals surface area contributed by atoms with E-state index in [1.54, 1.807) is 6.08 Å². The van der Waals surface area contributed by atoms with Crippen molar-refractivity contribution in [1.82, 2.24) is 5.32 Å². The third kappa shape index (κ3) is 51.1. The maximum Gasteiger partial charge on any atom is 0.305 e. The van der Waals surface area contributed by atoms with Crippen molar-refractivity contribution in [2.45, 2.75) is 302 Å². The van der Waals surface area contributed by atoms with Crippen molar-refractivity contribution >= 4 is 11.9 Å². The molecule has 0 aromatic carbocycles. The molecule has 3 N–H and O–H groups in total. The zero-order valence-electron chi connectivity index (χ0n) is 43.2. The van der Waals surface area contributed by atoms with Crippen molar-refractivity contribution in [2.24, 2.45) is 0 Å². The van der Waals surface area contributed by atoms with Gasteiger partial charge in [-0.15, -0.1) is 0 Å². The van der Waals surface area contributed by atoms with Crippen LogP contribution in [0.3, 0.4) is 0 Å². The summed E-state index contributed by atoms with van der Waals surface area (Å²) in [5.74, 6) is -0.105. The number of hydrogen-bond acceptors (Lipinski definition) is 5. The third-order valence-electron chi connectivity index (χ3n) is 12.8. The molecule has 0 rings (SSSR count). The zero-order valence-corrected chi connectivity index (χ0v) is 43.2. The van der Waals surface area contributed by atoms with Gasteiger partial charge in [0.05, 0.1) is 25.4 Å². The van der Waals surface area contributed by atoms with Gasteiger partial charge in [-0.25, -0.2) is 0 Å². The highest BCUT2D eigenvalue weighted by Crippen LogP contribution is 2.15. The fraction of sp³-hybridized carbons (Fsp3) is 0.831. The van der Waals surface area contributed by atoms with Crippen LogP contribution in [0.2, 0.25) is 0 Å². The van der Waals surface area contributed by atoms with Gasteiger partial charge in [0.15, 0.2) is 0 Å². The van der Waals surface area contributed by atoms with Crippen LogP contribution in [-0.2, 0) is 14.3 Å². The van der Waals surface area contributed by atoms with Gasteiger partial charge in [0.25, 0.3) is 0 Å². The first-order valence-corrected chi connectivity index (χ1v) is 28.4. The Bertz CT molecular complexity index is 1100. The maximum absolute atomic E-state index is 12.4. The molecule has 0 radical (unpaired) electrons. The van der Waals surface area contributed by atoms with E-state index < -0.39 is 12.1 Å². The van der Waals surface area contributed by atoms with E-state index in [1.807, 2.05) is 6.08 Å². The van der Waals surface area contributed by atoms with Crippen LogP contribution in [0, 0.1) is 0 Å². The number of unbranched alkanes of at least 4 members (excludes halogenated alkanes) is 35. The molecule has 0 fully saturated rings. The van der Waals surface area contributed by atoms with Crippen LogP contribution in [-0.4, -0.2) is 47.4 Å². The Labute approximate surface area is 404 Å². The number of amides is 1. The first-order chi connectivity index (χ1) is 32.0. The largest absolute Gasteiger partial charge is 0.466 e. The number of ether oxygens (including phenoxy) is 1. The number of nitrogens with one attached hydrogen (secondary N) is 1. The first-order valence-electron chi connectivity index (χ1n) is 28.4. The molecule has 0 aromatic rings. The molecule has 0 aliphatic carbocycles. The number of aliphatic hydroxyl groups excluding tert-OH is 2. The molecule has 380 valence electrons. The third-order valence-corrected chi connectivity index (χ3v) is 12.8. The smallest absolute Gasteiger partial charge is 0.305 e. The first kappa shape index (κ1) is 62.8. The lowest BCUT2D eigenvalue weighted by atomic mass is 10.0. The lowest BCUT2D eigenvalue weighted by Crippen LogP contribution is -2.45. The Kier molecular flexibility index (Phi) is 52.6. The highest BCUT2D eigenvalue weighted by Gasteiger charge is 2.18. The summed E-state index contributed by atoms with van der Waals surface area (Å²) in [5, 5.41) is 23.1. The molecule has 0 heterocycles. The molecule has 0 aromatic heterocycles. The predicted molar refractivity (Wildman–Crippen MR) is 282 cm³/mol. The van der Waals surface area contributed by atoms with Crippen LogP contribution >= 0.6 is 0 Å². The predicted octanol–water partition coefficient (Wildman–Crippen LogP) is 17.4. The quantitative estimate of drug-likeness (QED) is 0.0321. The topological polar surface area (TPSA) is 95.9 Å². The van der Waals surface area contributed by atoms with Crippen LogP contribution in [0.15, 0.2) is 48.6 Å². The van der Waals surface area contributed by atoms with E-state index in [2.05, 4.69) is 55.6 Å². The molecular weight excluding hydrogens is 803 g/mol. The van der Waals surface area contributed by atoms with E-state index in [-0.39, 0.29) is 18.5 Å². The molecule has 0 bridgehead atoms. The van der Waals surface area contributed by atoms with Crippen LogP contribution < -0.4 is 5.32 Å². The van der Waals surface area contributed by atoms with Crippen molar-refractivity contribution < 1.29 is 24.5 Å². The monoisotopic (exact) mass is 912 g/mol. The van der Waals surface area contributed by atoms with Crippen LogP contribution in [0.1, 0.15) is 290 Å². The Hall–Kier alpha value is -2.18. The van der Waals surface area contributed by atoms with E-state index >= 15 is 0 Å². The Balaban J connectivity index is 3.52. The van der Waals surface area contributed by atoms with Crippen LogP contribution in [0.5, 0.6) is 0 Å². The van der Waals surface area contributed by atoms with Gasteiger partial charge in [-0.05, 0) is 96.3 Å². The van der Waals surface area contributed by atoms with E-state index in [9.17, 15) is 19.8 Å². The summed E-state index contributed by atoms with van der Waals surface area (Å²) in [7, 11) is 0. The zero-order chi connectivity index (χ0) is 47.2. The van der Waals surface area contributed by atoms with Gasteiger partial charge in [0, 0.05) is 12.8 Å². The molecule has 65 heavy (non-hydrogen) atoms. The van der Waals surface area contributed by atoms with E-state index in [0.29, 0.717) is 19.4 Å². The minimum absolute atomic E-state index is 0.0203. The molecule has 0 aliphatic rings. The summed E-state index contributed by atoms with van der Waals surface area (Å²) in [6.07, 6.45) is 68.4. The Morgan fingerprint density at radius 2 is 0.769 bits per heavy atom. The Morgan fingerprint density at radius 1 is 0.431 bits per heavy atom. The summed E-state index contributed by atoms with van der Waals surface area (Å²) in [5.41, 5.74) is 0. The number of hydrogen-bond donors (Lipinski definition) is 3. The minimum Gasteiger partial charge on any atom is -0.466 e. The fourth-order valence-corrected chi connectivity index (χ4v) is 8.42. The highest BCUT2D eigenvalue weighted by molar-refractivity contribution is 5.76. The van der Waals surface area contributed by atoms with Gasteiger partial charge in [0.1, 0.15) is 0 Å². The second kappa shape index (κ2) is 54.4. The van der Waals surface area contributed by atoms with Crippen molar-refractivity contribution in [3.8, 4) is 0 Å². The van der Waals surface area contributed by atoms with E-state index in [4.69, 9.17) is 4.74 Å². The molecular formula is C59H109NO5. The van der Waals surface area contributed by atoms with E-state index in [1.165, 1.54) is 180 Å². The second-order valence-corrected chi connectivity index (χ2v) is 19.3. The molecule has 6 heteroatoms. The molecule has 0 spiro atoms. The number of esters is 1. The lowest BCUT2D eigenvalue weighted by Gasteiger charge is -2.20. The molecule has 0 aliphatic heterocycles. The van der Waals surface area contributed by atoms with Gasteiger partial charge in [-0.2, -0.15) is 0 Å². The van der Waals surface area contributed by atoms with Gasteiger partial charge in [-0.3, -0.25) is 9.59 Å². The van der Waals surface area contributed by atoms with Crippen molar-refractivity contribution in [2.75, 3.05) is 13.2 Å². The van der Waals surface area contributed by atoms with E-state index in [0.717, 1.165) is 83.5 Å². The number of rotatable bonds is 52. The molecule has 0 saturated heterocycles. The Morgan fingerprint density at radius 3 is 1.18 bits per heavy atom. The van der Waals surface area contributed by atoms with Crippen LogP contribution in [0.25, 0.3) is 0 Å². The molecule has 2 atom stereocenters. The summed E-state index contributed by atoms with van der Waals surface area (Å²) in [6.45, 7) is 4.85.